The number of piperidine rings is 1. The Bertz CT molecular complexity index is 1000. The molecule has 0 atom stereocenters. The SMILES string of the molecule is COCC1(F)CCN(c2cc(C(=O)OC)nc(Nc3ccccc3)c2C(=N)C2CCC2)CC1. The van der Waals surface area contributed by atoms with Gasteiger partial charge < -0.3 is 25.1 Å². The van der Waals surface area contributed by atoms with Gasteiger partial charge in [-0.25, -0.2) is 14.2 Å². The number of nitrogens with zero attached hydrogens (tertiary/aromatic N) is 2. The third-order valence-corrected chi connectivity index (χ3v) is 6.62. The van der Waals surface area contributed by atoms with Crippen LogP contribution in [0.4, 0.5) is 21.6 Å². The van der Waals surface area contributed by atoms with Gasteiger partial charge >= 0.3 is 5.97 Å². The minimum absolute atomic E-state index is 0.0656. The van der Waals surface area contributed by atoms with Crippen molar-refractivity contribution in [3.05, 3.63) is 47.7 Å². The molecule has 0 amide bonds. The van der Waals surface area contributed by atoms with Gasteiger partial charge in [0.25, 0.3) is 0 Å². The number of nitrogens with one attached hydrogen (secondary N) is 2. The van der Waals surface area contributed by atoms with Crippen molar-refractivity contribution >= 4 is 28.9 Å². The number of hydrogen-bond donors (Lipinski definition) is 2. The Morgan fingerprint density at radius 3 is 2.52 bits per heavy atom. The molecule has 1 aromatic heterocycles. The molecule has 0 radical (unpaired) electrons. The minimum atomic E-state index is -1.36. The van der Waals surface area contributed by atoms with Crippen LogP contribution in [0, 0.1) is 11.3 Å². The van der Waals surface area contributed by atoms with E-state index >= 15 is 4.39 Å². The average molecular weight is 455 g/mol. The molecule has 2 fully saturated rings. The number of esters is 1. The molecule has 7 nitrogen and oxygen atoms in total. The summed E-state index contributed by atoms with van der Waals surface area (Å²) in [7, 11) is 2.83. The van der Waals surface area contributed by atoms with Gasteiger partial charge in [0.1, 0.15) is 11.5 Å². The van der Waals surface area contributed by atoms with Gasteiger partial charge in [0.15, 0.2) is 5.69 Å². The molecule has 4 rings (SSSR count). The molecule has 1 saturated carbocycles. The molecule has 1 aliphatic carbocycles. The average Bonchev–Trinajstić information content (AvgIpc) is 2.78. The normalized spacial score (nSPS) is 17.8. The predicted molar refractivity (Wildman–Crippen MR) is 127 cm³/mol. The molecule has 8 heteroatoms. The van der Waals surface area contributed by atoms with E-state index in [1.165, 1.54) is 14.2 Å². The Balaban J connectivity index is 1.78. The van der Waals surface area contributed by atoms with E-state index in [0.29, 0.717) is 43.0 Å². The Hall–Kier alpha value is -3.00. The zero-order valence-corrected chi connectivity index (χ0v) is 19.2. The molecule has 2 aliphatic rings. The number of ether oxygens (including phenoxy) is 2. The second-order valence-corrected chi connectivity index (χ2v) is 8.85. The summed E-state index contributed by atoms with van der Waals surface area (Å²) < 4.78 is 25.1. The van der Waals surface area contributed by atoms with Crippen molar-refractivity contribution in [2.75, 3.05) is 44.1 Å². The molecule has 1 aromatic carbocycles. The Morgan fingerprint density at radius 1 is 1.24 bits per heavy atom. The molecule has 176 valence electrons. The van der Waals surface area contributed by atoms with Crippen LogP contribution in [0.25, 0.3) is 0 Å². The number of methoxy groups -OCH3 is 2. The molecule has 1 saturated heterocycles. The van der Waals surface area contributed by atoms with Crippen LogP contribution >= 0.6 is 0 Å². The standard InChI is InChI=1S/C25H31FN4O3/c1-32-16-25(26)11-13-30(14-12-25)20-15-19(24(31)33-2)29-23(28-18-9-4-3-5-10-18)21(20)22(27)17-7-6-8-17/h3-5,9-10,15,17,27H,6-8,11-14,16H2,1-2H3,(H,28,29). The van der Waals surface area contributed by atoms with Crippen molar-refractivity contribution in [2.24, 2.45) is 5.92 Å². The maximum Gasteiger partial charge on any atom is 0.356 e. The van der Waals surface area contributed by atoms with Crippen molar-refractivity contribution < 1.29 is 18.7 Å². The van der Waals surface area contributed by atoms with Crippen LogP contribution in [-0.2, 0) is 9.47 Å². The van der Waals surface area contributed by atoms with E-state index in [2.05, 4.69) is 15.2 Å². The topological polar surface area (TPSA) is 87.5 Å². The second kappa shape index (κ2) is 9.87. The summed E-state index contributed by atoms with van der Waals surface area (Å²) in [5, 5.41) is 12.3. The summed E-state index contributed by atoms with van der Waals surface area (Å²) >= 11 is 0. The maximum atomic E-state index is 15.0. The number of halogens is 1. The lowest BCUT2D eigenvalue weighted by Crippen LogP contribution is -2.45. The number of benzene rings is 1. The highest BCUT2D eigenvalue weighted by molar-refractivity contribution is 6.10. The summed E-state index contributed by atoms with van der Waals surface area (Å²) in [4.78, 5) is 19.1. The van der Waals surface area contributed by atoms with Crippen molar-refractivity contribution in [1.82, 2.24) is 4.98 Å². The van der Waals surface area contributed by atoms with Crippen LogP contribution in [0.5, 0.6) is 0 Å². The van der Waals surface area contributed by atoms with Crippen LogP contribution in [-0.4, -0.2) is 56.2 Å². The first kappa shape index (κ1) is 23.2. The quantitative estimate of drug-likeness (QED) is 0.443. The summed E-state index contributed by atoms with van der Waals surface area (Å²) in [5.74, 6) is 0.0553. The van der Waals surface area contributed by atoms with Crippen LogP contribution in [0.15, 0.2) is 36.4 Å². The number of rotatable bonds is 8. The van der Waals surface area contributed by atoms with Gasteiger partial charge in [0.2, 0.25) is 0 Å². The van der Waals surface area contributed by atoms with E-state index in [9.17, 15) is 4.79 Å². The maximum absolute atomic E-state index is 15.0. The van der Waals surface area contributed by atoms with Gasteiger partial charge in [-0.3, -0.25) is 0 Å². The highest BCUT2D eigenvalue weighted by Crippen LogP contribution is 2.39. The Morgan fingerprint density at radius 2 is 1.94 bits per heavy atom. The fourth-order valence-corrected chi connectivity index (χ4v) is 4.46. The minimum Gasteiger partial charge on any atom is -0.464 e. The first-order chi connectivity index (χ1) is 15.9. The van der Waals surface area contributed by atoms with Crippen LogP contribution in [0.3, 0.4) is 0 Å². The van der Waals surface area contributed by atoms with E-state index in [-0.39, 0.29) is 18.2 Å². The number of carbonyl (C=O) groups is 1. The zero-order valence-electron chi connectivity index (χ0n) is 19.2. The fourth-order valence-electron chi connectivity index (χ4n) is 4.46. The summed E-state index contributed by atoms with van der Waals surface area (Å²) in [6, 6.07) is 11.2. The Kier molecular flexibility index (Phi) is 6.93. The smallest absolute Gasteiger partial charge is 0.356 e. The summed E-state index contributed by atoms with van der Waals surface area (Å²) in [6.45, 7) is 0.983. The van der Waals surface area contributed by atoms with Crippen molar-refractivity contribution in [1.29, 1.82) is 5.41 Å². The second-order valence-electron chi connectivity index (χ2n) is 8.85. The first-order valence-corrected chi connectivity index (χ1v) is 11.4. The van der Waals surface area contributed by atoms with E-state index in [0.717, 1.165) is 30.6 Å². The van der Waals surface area contributed by atoms with Crippen LogP contribution in [0.1, 0.15) is 48.2 Å². The summed E-state index contributed by atoms with van der Waals surface area (Å²) in [5.41, 5.74) is 1.50. The molecular formula is C25H31FN4O3. The molecule has 0 spiro atoms. The largest absolute Gasteiger partial charge is 0.464 e. The number of para-hydroxylation sites is 1. The van der Waals surface area contributed by atoms with Crippen LogP contribution < -0.4 is 10.2 Å². The molecular weight excluding hydrogens is 423 g/mol. The van der Waals surface area contributed by atoms with Gasteiger partial charge in [0, 0.05) is 50.4 Å². The number of pyridine rings is 1. The van der Waals surface area contributed by atoms with Gasteiger partial charge in [-0.05, 0) is 31.0 Å². The molecule has 2 heterocycles. The molecule has 0 unspecified atom stereocenters. The third kappa shape index (κ3) is 5.00. The van der Waals surface area contributed by atoms with E-state index in [1.54, 1.807) is 6.07 Å². The molecule has 1 aliphatic heterocycles. The lowest BCUT2D eigenvalue weighted by molar-refractivity contribution is 0.0227. The summed E-state index contributed by atoms with van der Waals surface area (Å²) in [6.07, 6.45) is 3.65. The van der Waals surface area contributed by atoms with Crippen molar-refractivity contribution in [2.45, 2.75) is 37.8 Å². The number of hydrogen-bond acceptors (Lipinski definition) is 7. The number of anilines is 3. The Labute approximate surface area is 193 Å². The van der Waals surface area contributed by atoms with E-state index in [4.69, 9.17) is 14.9 Å². The first-order valence-electron chi connectivity index (χ1n) is 11.4. The molecule has 0 bridgehead atoms. The lowest BCUT2D eigenvalue weighted by Gasteiger charge is -2.39. The number of alkyl halides is 1. The predicted octanol–water partition coefficient (Wildman–Crippen LogP) is 4.73. The lowest BCUT2D eigenvalue weighted by atomic mass is 9.78. The van der Waals surface area contributed by atoms with Gasteiger partial charge in [0.05, 0.1) is 25.0 Å². The molecule has 2 N–H and O–H groups in total. The van der Waals surface area contributed by atoms with Crippen molar-refractivity contribution in [3.63, 3.8) is 0 Å². The highest BCUT2D eigenvalue weighted by atomic mass is 19.1. The van der Waals surface area contributed by atoms with Gasteiger partial charge in [-0.1, -0.05) is 24.6 Å². The highest BCUT2D eigenvalue weighted by Gasteiger charge is 2.37. The number of aromatic nitrogens is 1. The van der Waals surface area contributed by atoms with E-state index in [1.807, 2.05) is 30.3 Å². The van der Waals surface area contributed by atoms with E-state index < -0.39 is 11.6 Å². The van der Waals surface area contributed by atoms with Gasteiger partial charge in [-0.15, -0.1) is 0 Å². The van der Waals surface area contributed by atoms with Crippen LogP contribution in [0.2, 0.25) is 0 Å². The molecule has 33 heavy (non-hydrogen) atoms. The fraction of sp³-hybridized carbons (Fsp3) is 0.480. The van der Waals surface area contributed by atoms with Gasteiger partial charge in [-0.2, -0.15) is 0 Å². The van der Waals surface area contributed by atoms with Crippen molar-refractivity contribution in [3.8, 4) is 0 Å². The number of carbonyl (C=O) groups excluding carboxylic acids is 1. The molecule has 2 aromatic rings. The third-order valence-electron chi connectivity index (χ3n) is 6.62. The monoisotopic (exact) mass is 454 g/mol. The zero-order chi connectivity index (χ0) is 23.4.